The number of pyridine rings is 1. The van der Waals surface area contributed by atoms with Crippen molar-refractivity contribution >= 4 is 27.4 Å². The van der Waals surface area contributed by atoms with Crippen molar-refractivity contribution in [1.29, 1.82) is 0 Å². The van der Waals surface area contributed by atoms with E-state index in [1.807, 2.05) is 30.3 Å². The summed E-state index contributed by atoms with van der Waals surface area (Å²) < 4.78 is 32.3. The minimum absolute atomic E-state index is 0.103. The van der Waals surface area contributed by atoms with Crippen LogP contribution in [0.1, 0.15) is 24.8 Å². The van der Waals surface area contributed by atoms with E-state index in [4.69, 9.17) is 16.3 Å². The summed E-state index contributed by atoms with van der Waals surface area (Å²) in [6, 6.07) is 13.0. The first-order valence-corrected chi connectivity index (χ1v) is 11.2. The molecule has 1 aromatic carbocycles. The Morgan fingerprint density at radius 1 is 1.14 bits per heavy atom. The minimum Gasteiger partial charge on any atom is -0.474 e. The van der Waals surface area contributed by atoms with Crippen LogP contribution in [0.25, 0.3) is 0 Å². The molecule has 0 aliphatic carbocycles. The van der Waals surface area contributed by atoms with Crippen molar-refractivity contribution in [3.8, 4) is 5.88 Å². The second kappa shape index (κ2) is 9.49. The normalized spacial score (nSPS) is 16.0. The Bertz CT molecular complexity index is 880. The second-order valence-electron chi connectivity index (χ2n) is 6.81. The van der Waals surface area contributed by atoms with Crippen LogP contribution in [0.4, 0.5) is 0 Å². The smallest absolute Gasteiger partial charge is 0.221 e. The van der Waals surface area contributed by atoms with Gasteiger partial charge in [-0.05, 0) is 30.9 Å². The van der Waals surface area contributed by atoms with Gasteiger partial charge in [0.1, 0.15) is 17.6 Å². The number of piperidine rings is 1. The van der Waals surface area contributed by atoms with E-state index in [1.54, 1.807) is 12.1 Å². The highest BCUT2D eigenvalue weighted by Gasteiger charge is 2.30. The van der Waals surface area contributed by atoms with Crippen LogP contribution in [-0.4, -0.2) is 48.4 Å². The number of hydrogen-bond donors (Lipinski definition) is 0. The minimum atomic E-state index is -3.59. The van der Waals surface area contributed by atoms with Gasteiger partial charge in [0.15, 0.2) is 0 Å². The first-order chi connectivity index (χ1) is 13.4. The number of carbonyl (C=O) groups excluding carboxylic acids is 1. The highest BCUT2D eigenvalue weighted by molar-refractivity contribution is 7.89. The Morgan fingerprint density at radius 2 is 1.86 bits per heavy atom. The maximum Gasteiger partial charge on any atom is 0.221 e. The number of Topliss-reactive ketones (excluding diaryl/α,β-unsaturated/α-hetero) is 1. The largest absolute Gasteiger partial charge is 0.474 e. The van der Waals surface area contributed by atoms with E-state index in [0.29, 0.717) is 43.3 Å². The van der Waals surface area contributed by atoms with Gasteiger partial charge < -0.3 is 4.74 Å². The zero-order valence-electron chi connectivity index (χ0n) is 15.5. The number of hydrogen-bond acceptors (Lipinski definition) is 5. The maximum atomic E-state index is 12.5. The number of aryl methyl sites for hydroxylation is 1. The molecule has 0 N–H and O–H groups in total. The number of aromatic nitrogens is 1. The van der Waals surface area contributed by atoms with Crippen molar-refractivity contribution in [1.82, 2.24) is 9.29 Å². The summed E-state index contributed by atoms with van der Waals surface area (Å²) in [6.07, 6.45) is 3.31. The first-order valence-electron chi connectivity index (χ1n) is 9.24. The van der Waals surface area contributed by atoms with Crippen LogP contribution in [0.15, 0.2) is 48.7 Å². The van der Waals surface area contributed by atoms with Crippen molar-refractivity contribution in [2.75, 3.05) is 18.8 Å². The van der Waals surface area contributed by atoms with Gasteiger partial charge in [0.05, 0.1) is 5.02 Å². The number of ether oxygens (including phenoxy) is 1. The lowest BCUT2D eigenvalue weighted by Gasteiger charge is -2.31. The van der Waals surface area contributed by atoms with E-state index in [1.165, 1.54) is 10.5 Å². The number of halogens is 1. The Hall–Kier alpha value is -1.96. The molecule has 1 saturated heterocycles. The van der Waals surface area contributed by atoms with Gasteiger partial charge in [-0.2, -0.15) is 0 Å². The average Bonchev–Trinajstić information content (AvgIpc) is 2.69. The molecule has 1 aromatic heterocycles. The molecule has 0 bridgehead atoms. The summed E-state index contributed by atoms with van der Waals surface area (Å²) in [4.78, 5) is 16.3. The number of ketones is 1. The van der Waals surface area contributed by atoms with E-state index < -0.39 is 15.8 Å². The molecule has 1 aliphatic heterocycles. The topological polar surface area (TPSA) is 76.6 Å². The highest BCUT2D eigenvalue weighted by Crippen LogP contribution is 2.20. The first kappa shape index (κ1) is 20.8. The molecular formula is C20H23ClN2O4S. The molecule has 6 nitrogen and oxygen atoms in total. The van der Waals surface area contributed by atoms with E-state index >= 15 is 0 Å². The zero-order valence-corrected chi connectivity index (χ0v) is 17.0. The number of rotatable bonds is 8. The van der Waals surface area contributed by atoms with Gasteiger partial charge in [-0.1, -0.05) is 41.9 Å². The summed E-state index contributed by atoms with van der Waals surface area (Å²) in [5, 5.41) is 0.533. The molecule has 1 fully saturated rings. The molecule has 150 valence electrons. The molecule has 0 radical (unpaired) electrons. The standard InChI is InChI=1S/C20H23ClN2O4S/c21-17-7-9-20(22-14-17)27-19-10-12-23(13-11-19)28(25,26)15-18(24)8-6-16-4-2-1-3-5-16/h1-5,7,9,14,19H,6,8,10-13,15H2. The van der Waals surface area contributed by atoms with Crippen LogP contribution in [0.5, 0.6) is 5.88 Å². The molecule has 0 saturated carbocycles. The molecular weight excluding hydrogens is 400 g/mol. The summed E-state index contributed by atoms with van der Waals surface area (Å²) in [6.45, 7) is 0.680. The Labute approximate surface area is 170 Å². The lowest BCUT2D eigenvalue weighted by Crippen LogP contribution is -2.43. The van der Waals surface area contributed by atoms with Crippen LogP contribution in [0.3, 0.4) is 0 Å². The number of carbonyl (C=O) groups is 1. The van der Waals surface area contributed by atoms with Gasteiger partial charge in [0, 0.05) is 31.8 Å². The van der Waals surface area contributed by atoms with Crippen LogP contribution in [0, 0.1) is 0 Å². The lowest BCUT2D eigenvalue weighted by atomic mass is 10.1. The fourth-order valence-corrected chi connectivity index (χ4v) is 4.74. The quantitative estimate of drug-likeness (QED) is 0.653. The van der Waals surface area contributed by atoms with Crippen LogP contribution < -0.4 is 4.74 Å². The van der Waals surface area contributed by atoms with Crippen LogP contribution in [0.2, 0.25) is 5.02 Å². The Morgan fingerprint density at radius 3 is 2.50 bits per heavy atom. The SMILES string of the molecule is O=C(CCc1ccccc1)CS(=O)(=O)N1CCC(Oc2ccc(Cl)cn2)CC1. The van der Waals surface area contributed by atoms with Crippen LogP contribution >= 0.6 is 11.6 Å². The van der Waals surface area contributed by atoms with Crippen molar-refractivity contribution in [3.05, 3.63) is 59.2 Å². The molecule has 0 spiro atoms. The number of sulfonamides is 1. The van der Waals surface area contributed by atoms with Gasteiger partial charge in [0.25, 0.3) is 0 Å². The third-order valence-electron chi connectivity index (χ3n) is 4.66. The van der Waals surface area contributed by atoms with Crippen LogP contribution in [-0.2, 0) is 21.2 Å². The molecule has 0 atom stereocenters. The molecule has 2 heterocycles. The fraction of sp³-hybridized carbons (Fsp3) is 0.400. The van der Waals surface area contributed by atoms with E-state index in [2.05, 4.69) is 4.98 Å². The summed E-state index contributed by atoms with van der Waals surface area (Å²) >= 11 is 5.80. The van der Waals surface area contributed by atoms with Crippen molar-refractivity contribution in [2.45, 2.75) is 31.8 Å². The fourth-order valence-electron chi connectivity index (χ4n) is 3.13. The number of nitrogens with zero attached hydrogens (tertiary/aromatic N) is 2. The van der Waals surface area contributed by atoms with E-state index in [0.717, 1.165) is 5.56 Å². The molecule has 0 amide bonds. The maximum absolute atomic E-state index is 12.5. The zero-order chi connectivity index (χ0) is 20.0. The van der Waals surface area contributed by atoms with Gasteiger partial charge in [-0.15, -0.1) is 0 Å². The second-order valence-corrected chi connectivity index (χ2v) is 9.22. The van der Waals surface area contributed by atoms with E-state index in [-0.39, 0.29) is 18.3 Å². The van der Waals surface area contributed by atoms with Gasteiger partial charge in [0.2, 0.25) is 15.9 Å². The molecule has 1 aliphatic rings. The predicted octanol–water partition coefficient (Wildman–Crippen LogP) is 3.11. The van der Waals surface area contributed by atoms with E-state index in [9.17, 15) is 13.2 Å². The van der Waals surface area contributed by atoms with Crippen molar-refractivity contribution < 1.29 is 17.9 Å². The third-order valence-corrected chi connectivity index (χ3v) is 6.72. The van der Waals surface area contributed by atoms with Gasteiger partial charge in [-0.25, -0.2) is 17.7 Å². The van der Waals surface area contributed by atoms with Gasteiger partial charge in [-0.3, -0.25) is 4.79 Å². The number of benzene rings is 1. The molecule has 8 heteroatoms. The van der Waals surface area contributed by atoms with Crippen molar-refractivity contribution in [3.63, 3.8) is 0 Å². The van der Waals surface area contributed by atoms with Gasteiger partial charge >= 0.3 is 0 Å². The lowest BCUT2D eigenvalue weighted by molar-refractivity contribution is -0.116. The summed E-state index contributed by atoms with van der Waals surface area (Å²) in [5.41, 5.74) is 1.03. The summed E-state index contributed by atoms with van der Waals surface area (Å²) in [5.74, 6) is -0.223. The predicted molar refractivity (Wildman–Crippen MR) is 108 cm³/mol. The molecule has 28 heavy (non-hydrogen) atoms. The molecule has 3 rings (SSSR count). The third kappa shape index (κ3) is 6.02. The summed E-state index contributed by atoms with van der Waals surface area (Å²) in [7, 11) is -3.59. The monoisotopic (exact) mass is 422 g/mol. The average molecular weight is 423 g/mol. The Balaban J connectivity index is 1.45. The molecule has 0 unspecified atom stereocenters. The Kier molecular flexibility index (Phi) is 7.04. The highest BCUT2D eigenvalue weighted by atomic mass is 35.5. The van der Waals surface area contributed by atoms with Crippen molar-refractivity contribution in [2.24, 2.45) is 0 Å². The molecule has 2 aromatic rings.